The summed E-state index contributed by atoms with van der Waals surface area (Å²) in [5, 5.41) is 15.3. The molecule has 10 aromatic rings. The van der Waals surface area contributed by atoms with Gasteiger partial charge in [-0.1, -0.05) is 167 Å². The molecule has 0 aliphatic carbocycles. The predicted octanol–water partition coefficient (Wildman–Crippen LogP) is 14.7. The molecule has 0 saturated carbocycles. The van der Waals surface area contributed by atoms with Gasteiger partial charge in [0.1, 0.15) is 0 Å². The summed E-state index contributed by atoms with van der Waals surface area (Å²) in [5.41, 5.74) is 8.85. The van der Waals surface area contributed by atoms with Crippen LogP contribution >= 0.6 is 15.9 Å². The number of fused-ring (bicyclic) bond motifs is 8. The number of benzene rings is 10. The van der Waals surface area contributed by atoms with E-state index in [1.807, 2.05) is 0 Å². The van der Waals surface area contributed by atoms with Crippen molar-refractivity contribution < 1.29 is 0 Å². The minimum absolute atomic E-state index is 1.09. The van der Waals surface area contributed by atoms with E-state index >= 15 is 0 Å². The lowest BCUT2D eigenvalue weighted by molar-refractivity contribution is 1.48. The molecular weight excluding hydrogens is 668 g/mol. The summed E-state index contributed by atoms with van der Waals surface area (Å²) in [6.45, 7) is 2.15. The van der Waals surface area contributed by atoms with Crippen molar-refractivity contribution in [2.75, 3.05) is 0 Å². The monoisotopic (exact) mass is 698 g/mol. The van der Waals surface area contributed by atoms with Gasteiger partial charge in [-0.25, -0.2) is 0 Å². The van der Waals surface area contributed by atoms with Gasteiger partial charge in [0.25, 0.3) is 0 Å². The minimum atomic E-state index is 1.09. The van der Waals surface area contributed by atoms with Crippen LogP contribution in [0.1, 0.15) is 5.56 Å². The van der Waals surface area contributed by atoms with Crippen molar-refractivity contribution in [3.8, 4) is 33.4 Å². The Morgan fingerprint density at radius 2 is 0.740 bits per heavy atom. The van der Waals surface area contributed by atoms with Crippen molar-refractivity contribution in [3.63, 3.8) is 0 Å². The van der Waals surface area contributed by atoms with Gasteiger partial charge in [-0.05, 0) is 129 Å². The van der Waals surface area contributed by atoms with E-state index in [4.69, 9.17) is 0 Å². The van der Waals surface area contributed by atoms with Gasteiger partial charge in [-0.3, -0.25) is 0 Å². The second kappa shape index (κ2) is 11.4. The van der Waals surface area contributed by atoms with Gasteiger partial charge in [0.05, 0.1) is 0 Å². The lowest BCUT2D eigenvalue weighted by atomic mass is 9.86. The van der Waals surface area contributed by atoms with Gasteiger partial charge < -0.3 is 0 Å². The number of hydrogen-bond acceptors (Lipinski definition) is 0. The van der Waals surface area contributed by atoms with E-state index in [2.05, 4.69) is 193 Å². The third-order valence-electron chi connectivity index (χ3n) is 10.6. The molecule has 0 spiro atoms. The SMILES string of the molecule is Cc1ccc(-c2c3ccccc3cc3c2ccc2c(-c4cccc5c4ccc4c(-c6ccc(Br)cc6)c6ccccc6cc45)cccc23)cc1. The highest BCUT2D eigenvalue weighted by atomic mass is 79.9. The first-order valence-corrected chi connectivity index (χ1v) is 18.0. The molecular formula is C49H31Br. The van der Waals surface area contributed by atoms with Crippen molar-refractivity contribution in [2.24, 2.45) is 0 Å². The molecule has 0 aromatic heterocycles. The zero-order valence-electron chi connectivity index (χ0n) is 27.5. The van der Waals surface area contributed by atoms with Crippen molar-refractivity contribution in [3.05, 3.63) is 180 Å². The molecule has 0 N–H and O–H groups in total. The van der Waals surface area contributed by atoms with Gasteiger partial charge in [-0.15, -0.1) is 0 Å². The van der Waals surface area contributed by atoms with Crippen LogP contribution in [-0.2, 0) is 0 Å². The summed E-state index contributed by atoms with van der Waals surface area (Å²) >= 11 is 3.64. The highest BCUT2D eigenvalue weighted by Crippen LogP contribution is 2.44. The average molecular weight is 700 g/mol. The first kappa shape index (κ1) is 29.2. The number of aryl methyl sites for hydroxylation is 1. The molecule has 0 aliphatic heterocycles. The van der Waals surface area contributed by atoms with E-state index in [0.717, 1.165) is 4.47 Å². The lowest BCUT2D eigenvalue weighted by Gasteiger charge is -2.17. The zero-order valence-corrected chi connectivity index (χ0v) is 29.1. The van der Waals surface area contributed by atoms with Gasteiger partial charge in [0.2, 0.25) is 0 Å². The Balaban J connectivity index is 1.24. The maximum Gasteiger partial charge on any atom is 0.0175 e. The van der Waals surface area contributed by atoms with E-state index in [1.165, 1.54) is 104 Å². The second-order valence-electron chi connectivity index (χ2n) is 13.4. The zero-order chi connectivity index (χ0) is 33.3. The van der Waals surface area contributed by atoms with Crippen LogP contribution in [0.4, 0.5) is 0 Å². The summed E-state index contributed by atoms with van der Waals surface area (Å²) in [6.07, 6.45) is 0. The molecule has 0 atom stereocenters. The van der Waals surface area contributed by atoms with E-state index in [-0.39, 0.29) is 0 Å². The Labute approximate surface area is 299 Å². The van der Waals surface area contributed by atoms with Gasteiger partial charge >= 0.3 is 0 Å². The average Bonchev–Trinajstić information content (AvgIpc) is 3.16. The molecule has 0 fully saturated rings. The molecule has 1 heteroatoms. The summed E-state index contributed by atoms with van der Waals surface area (Å²) in [7, 11) is 0. The first-order valence-electron chi connectivity index (χ1n) is 17.2. The second-order valence-corrected chi connectivity index (χ2v) is 14.4. The molecule has 0 unspecified atom stereocenters. The number of halogens is 1. The minimum Gasteiger partial charge on any atom is -0.0616 e. The largest absolute Gasteiger partial charge is 0.0616 e. The Kier molecular flexibility index (Phi) is 6.66. The Morgan fingerprint density at radius 1 is 0.320 bits per heavy atom. The fraction of sp³-hybridized carbons (Fsp3) is 0.0204. The van der Waals surface area contributed by atoms with Crippen molar-refractivity contribution in [1.29, 1.82) is 0 Å². The van der Waals surface area contributed by atoms with Crippen LogP contribution in [0.25, 0.3) is 98.0 Å². The fourth-order valence-corrected chi connectivity index (χ4v) is 8.50. The third-order valence-corrected chi connectivity index (χ3v) is 11.1. The fourth-order valence-electron chi connectivity index (χ4n) is 8.24. The van der Waals surface area contributed by atoms with E-state index in [1.54, 1.807) is 0 Å². The Morgan fingerprint density at radius 3 is 1.24 bits per heavy atom. The smallest absolute Gasteiger partial charge is 0.0175 e. The van der Waals surface area contributed by atoms with Crippen molar-refractivity contribution >= 4 is 80.6 Å². The molecule has 0 aliphatic rings. The number of hydrogen-bond donors (Lipinski definition) is 0. The molecule has 0 saturated heterocycles. The van der Waals surface area contributed by atoms with Crippen molar-refractivity contribution in [2.45, 2.75) is 6.92 Å². The molecule has 50 heavy (non-hydrogen) atoms. The topological polar surface area (TPSA) is 0 Å². The standard InChI is InChI=1S/C49H31Br/c1-30-16-18-31(19-17-30)48-36-10-4-2-8-33(36)28-46-40-14-6-12-38(42(40)24-26-44(46)48)39-13-7-15-41-43(39)25-27-45-47(41)29-34-9-3-5-11-37(34)49(45)32-20-22-35(50)23-21-32/h2-29H,1H3. The van der Waals surface area contributed by atoms with Crippen LogP contribution in [0.5, 0.6) is 0 Å². The normalized spacial score (nSPS) is 11.8. The van der Waals surface area contributed by atoms with Gasteiger partial charge in [0.15, 0.2) is 0 Å². The quantitative estimate of drug-likeness (QED) is 0.127. The van der Waals surface area contributed by atoms with Crippen LogP contribution in [0.2, 0.25) is 0 Å². The maximum absolute atomic E-state index is 3.64. The first-order chi connectivity index (χ1) is 24.6. The predicted molar refractivity (Wildman–Crippen MR) is 220 cm³/mol. The summed E-state index contributed by atoms with van der Waals surface area (Å²) < 4.78 is 1.09. The van der Waals surface area contributed by atoms with Crippen LogP contribution in [0.15, 0.2) is 174 Å². The molecule has 0 heterocycles. The molecule has 234 valence electrons. The summed E-state index contributed by atoms with van der Waals surface area (Å²) in [5.74, 6) is 0. The van der Waals surface area contributed by atoms with Crippen LogP contribution in [0, 0.1) is 6.92 Å². The third kappa shape index (κ3) is 4.51. The highest BCUT2D eigenvalue weighted by molar-refractivity contribution is 9.10. The lowest BCUT2D eigenvalue weighted by Crippen LogP contribution is -1.90. The van der Waals surface area contributed by atoms with Gasteiger partial charge in [-0.2, -0.15) is 0 Å². The Bertz CT molecular complexity index is 2760. The van der Waals surface area contributed by atoms with Crippen molar-refractivity contribution in [1.82, 2.24) is 0 Å². The number of rotatable bonds is 3. The molecule has 0 bridgehead atoms. The highest BCUT2D eigenvalue weighted by Gasteiger charge is 2.17. The van der Waals surface area contributed by atoms with Gasteiger partial charge in [0, 0.05) is 4.47 Å². The summed E-state index contributed by atoms with van der Waals surface area (Å²) in [6, 6.07) is 63.1. The van der Waals surface area contributed by atoms with Crippen LogP contribution < -0.4 is 0 Å². The van der Waals surface area contributed by atoms with Crippen LogP contribution in [0.3, 0.4) is 0 Å². The maximum atomic E-state index is 3.64. The molecule has 0 radical (unpaired) electrons. The summed E-state index contributed by atoms with van der Waals surface area (Å²) in [4.78, 5) is 0. The molecule has 0 nitrogen and oxygen atoms in total. The van der Waals surface area contributed by atoms with E-state index in [0.29, 0.717) is 0 Å². The van der Waals surface area contributed by atoms with E-state index < -0.39 is 0 Å². The molecule has 0 amide bonds. The molecule has 10 rings (SSSR count). The van der Waals surface area contributed by atoms with E-state index in [9.17, 15) is 0 Å². The molecule has 10 aromatic carbocycles. The Hall–Kier alpha value is -5.76. The van der Waals surface area contributed by atoms with Crippen LogP contribution in [-0.4, -0.2) is 0 Å².